The Morgan fingerprint density at radius 3 is 2.65 bits per heavy atom. The van der Waals surface area contributed by atoms with Gasteiger partial charge in [-0.1, -0.05) is 11.6 Å². The van der Waals surface area contributed by atoms with Crippen LogP contribution in [-0.4, -0.2) is 24.5 Å². The van der Waals surface area contributed by atoms with Gasteiger partial charge in [-0.25, -0.2) is 15.0 Å². The third kappa shape index (κ3) is 2.25. The van der Waals surface area contributed by atoms with Crippen molar-refractivity contribution in [2.24, 2.45) is 0 Å². The van der Waals surface area contributed by atoms with Crippen LogP contribution in [0.25, 0.3) is 11.2 Å². The molecule has 102 valence electrons. The summed E-state index contributed by atoms with van der Waals surface area (Å²) in [6.45, 7) is 4.21. The Kier molecular flexibility index (Phi) is 3.36. The molecule has 3 heterocycles. The number of nitrogens with zero attached hydrogens (tertiary/aromatic N) is 5. The van der Waals surface area contributed by atoms with Crippen LogP contribution in [0, 0.1) is 0 Å². The Labute approximate surface area is 121 Å². The predicted octanol–water partition coefficient (Wildman–Crippen LogP) is 3.05. The molecule has 0 atom stereocenters. The summed E-state index contributed by atoms with van der Waals surface area (Å²) in [5, 5.41) is 0.394. The summed E-state index contributed by atoms with van der Waals surface area (Å²) in [5.74, 6) is 0.934. The standard InChI is InChI=1S/C14H14ClN5/c1-9(2)20-11(7-10-3-5-16-6-4-10)19-12-13(15)17-8-18-14(12)20/h3-6,8-9H,7H2,1-2H3. The zero-order chi connectivity index (χ0) is 14.1. The molecule has 0 N–H and O–H groups in total. The van der Waals surface area contributed by atoms with Crippen molar-refractivity contribution in [2.45, 2.75) is 26.3 Å². The van der Waals surface area contributed by atoms with Crippen LogP contribution >= 0.6 is 11.6 Å². The van der Waals surface area contributed by atoms with Crippen molar-refractivity contribution < 1.29 is 0 Å². The molecule has 0 amide bonds. The SMILES string of the molecule is CC(C)n1c(Cc2ccncc2)nc2c(Cl)ncnc21. The van der Waals surface area contributed by atoms with Gasteiger partial charge < -0.3 is 4.57 Å². The van der Waals surface area contributed by atoms with E-state index in [9.17, 15) is 0 Å². The lowest BCUT2D eigenvalue weighted by atomic mass is 10.2. The highest BCUT2D eigenvalue weighted by molar-refractivity contribution is 6.33. The van der Waals surface area contributed by atoms with E-state index < -0.39 is 0 Å². The molecule has 3 aromatic rings. The Morgan fingerprint density at radius 1 is 1.20 bits per heavy atom. The highest BCUT2D eigenvalue weighted by Gasteiger charge is 2.17. The lowest BCUT2D eigenvalue weighted by Crippen LogP contribution is -2.07. The molecule has 3 aromatic heterocycles. The second-order valence-corrected chi connectivity index (χ2v) is 5.22. The summed E-state index contributed by atoms with van der Waals surface area (Å²) in [6, 6.07) is 4.22. The van der Waals surface area contributed by atoms with E-state index in [1.807, 2.05) is 12.1 Å². The first-order chi connectivity index (χ1) is 9.66. The molecule has 0 unspecified atom stereocenters. The normalized spacial score (nSPS) is 11.4. The van der Waals surface area contributed by atoms with Crippen molar-refractivity contribution >= 4 is 22.8 Å². The number of rotatable bonds is 3. The minimum Gasteiger partial charge on any atom is -0.310 e. The van der Waals surface area contributed by atoms with Crippen molar-refractivity contribution in [2.75, 3.05) is 0 Å². The van der Waals surface area contributed by atoms with Gasteiger partial charge in [-0.15, -0.1) is 0 Å². The van der Waals surface area contributed by atoms with E-state index >= 15 is 0 Å². The van der Waals surface area contributed by atoms with Gasteiger partial charge in [-0.2, -0.15) is 0 Å². The van der Waals surface area contributed by atoms with E-state index in [4.69, 9.17) is 11.6 Å². The Balaban J connectivity index is 2.15. The third-order valence-corrected chi connectivity index (χ3v) is 3.41. The van der Waals surface area contributed by atoms with Crippen LogP contribution in [0.4, 0.5) is 0 Å². The molecule has 0 saturated carbocycles. The molecule has 0 aliphatic carbocycles. The van der Waals surface area contributed by atoms with Gasteiger partial charge in [0.25, 0.3) is 0 Å². The monoisotopic (exact) mass is 287 g/mol. The third-order valence-electron chi connectivity index (χ3n) is 3.13. The first-order valence-electron chi connectivity index (χ1n) is 6.43. The molecule has 0 saturated heterocycles. The van der Waals surface area contributed by atoms with Crippen LogP contribution in [0.5, 0.6) is 0 Å². The van der Waals surface area contributed by atoms with Gasteiger partial charge >= 0.3 is 0 Å². The molecule has 0 radical (unpaired) electrons. The molecule has 0 bridgehead atoms. The first kappa shape index (κ1) is 13.0. The van der Waals surface area contributed by atoms with Gasteiger partial charge in [0.2, 0.25) is 0 Å². The molecule has 0 fully saturated rings. The maximum absolute atomic E-state index is 6.11. The molecular weight excluding hydrogens is 274 g/mol. The first-order valence-corrected chi connectivity index (χ1v) is 6.81. The molecule has 0 aromatic carbocycles. The number of aromatic nitrogens is 5. The lowest BCUT2D eigenvalue weighted by Gasteiger charge is -2.12. The molecular formula is C14H14ClN5. The quantitative estimate of drug-likeness (QED) is 0.695. The summed E-state index contributed by atoms with van der Waals surface area (Å²) in [6.07, 6.45) is 5.75. The summed E-state index contributed by atoms with van der Waals surface area (Å²) in [7, 11) is 0. The van der Waals surface area contributed by atoms with E-state index in [1.54, 1.807) is 12.4 Å². The fourth-order valence-electron chi connectivity index (χ4n) is 2.28. The second-order valence-electron chi connectivity index (χ2n) is 4.86. The molecule has 0 aliphatic heterocycles. The van der Waals surface area contributed by atoms with Crippen molar-refractivity contribution in [1.29, 1.82) is 0 Å². The van der Waals surface area contributed by atoms with Crippen molar-refractivity contribution in [1.82, 2.24) is 24.5 Å². The fourth-order valence-corrected chi connectivity index (χ4v) is 2.45. The minimum absolute atomic E-state index is 0.253. The Hall–Kier alpha value is -2.01. The predicted molar refractivity (Wildman–Crippen MR) is 77.8 cm³/mol. The van der Waals surface area contributed by atoms with E-state index in [0.29, 0.717) is 17.1 Å². The van der Waals surface area contributed by atoms with Gasteiger partial charge in [0.15, 0.2) is 10.8 Å². The maximum atomic E-state index is 6.11. The Bertz CT molecular complexity index is 736. The zero-order valence-electron chi connectivity index (χ0n) is 11.3. The summed E-state index contributed by atoms with van der Waals surface area (Å²) in [5.41, 5.74) is 2.59. The number of hydrogen-bond donors (Lipinski definition) is 0. The largest absolute Gasteiger partial charge is 0.310 e. The summed E-state index contributed by atoms with van der Waals surface area (Å²) in [4.78, 5) is 17.0. The van der Waals surface area contributed by atoms with E-state index in [-0.39, 0.29) is 6.04 Å². The van der Waals surface area contributed by atoms with Gasteiger partial charge in [-0.3, -0.25) is 4.98 Å². The second kappa shape index (κ2) is 5.17. The van der Waals surface area contributed by atoms with E-state index in [0.717, 1.165) is 17.0 Å². The number of pyridine rings is 1. The average molecular weight is 288 g/mol. The average Bonchev–Trinajstić information content (AvgIpc) is 2.79. The van der Waals surface area contributed by atoms with Crippen molar-refractivity contribution in [3.63, 3.8) is 0 Å². The number of imidazole rings is 1. The van der Waals surface area contributed by atoms with Crippen molar-refractivity contribution in [3.8, 4) is 0 Å². The van der Waals surface area contributed by atoms with Crippen LogP contribution in [-0.2, 0) is 6.42 Å². The highest BCUT2D eigenvalue weighted by atomic mass is 35.5. The van der Waals surface area contributed by atoms with Crippen LogP contribution in [0.15, 0.2) is 30.9 Å². The van der Waals surface area contributed by atoms with Gasteiger partial charge in [0.05, 0.1) is 0 Å². The molecule has 6 heteroatoms. The zero-order valence-corrected chi connectivity index (χ0v) is 12.0. The van der Waals surface area contributed by atoms with Crippen LogP contribution < -0.4 is 0 Å². The minimum atomic E-state index is 0.253. The molecule has 5 nitrogen and oxygen atoms in total. The number of fused-ring (bicyclic) bond motifs is 1. The topological polar surface area (TPSA) is 56.5 Å². The summed E-state index contributed by atoms with van der Waals surface area (Å²) < 4.78 is 2.10. The number of hydrogen-bond acceptors (Lipinski definition) is 4. The molecule has 0 spiro atoms. The van der Waals surface area contributed by atoms with Gasteiger partial charge in [0, 0.05) is 24.9 Å². The summed E-state index contributed by atoms with van der Waals surface area (Å²) >= 11 is 6.11. The van der Waals surface area contributed by atoms with Gasteiger partial charge in [0.1, 0.15) is 17.7 Å². The molecule has 20 heavy (non-hydrogen) atoms. The lowest BCUT2D eigenvalue weighted by molar-refractivity contribution is 0.587. The van der Waals surface area contributed by atoms with Gasteiger partial charge in [-0.05, 0) is 31.5 Å². The number of halogens is 1. The fraction of sp³-hybridized carbons (Fsp3) is 0.286. The smallest absolute Gasteiger partial charge is 0.165 e. The maximum Gasteiger partial charge on any atom is 0.165 e. The van der Waals surface area contributed by atoms with Crippen LogP contribution in [0.3, 0.4) is 0 Å². The van der Waals surface area contributed by atoms with Crippen LogP contribution in [0.2, 0.25) is 5.15 Å². The van der Waals surface area contributed by atoms with Crippen LogP contribution in [0.1, 0.15) is 31.3 Å². The molecule has 0 aliphatic rings. The highest BCUT2D eigenvalue weighted by Crippen LogP contribution is 2.24. The van der Waals surface area contributed by atoms with Crippen molar-refractivity contribution in [3.05, 3.63) is 47.4 Å². The van der Waals surface area contributed by atoms with E-state index in [1.165, 1.54) is 6.33 Å². The Morgan fingerprint density at radius 2 is 1.95 bits per heavy atom. The van der Waals surface area contributed by atoms with E-state index in [2.05, 4.69) is 38.4 Å². The molecule has 3 rings (SSSR count).